The smallest absolute Gasteiger partial charge is 0.319 e. The highest BCUT2D eigenvalue weighted by atomic mass is 35.5. The van der Waals surface area contributed by atoms with Crippen LogP contribution in [-0.2, 0) is 6.54 Å². The number of hydrogen-bond acceptors (Lipinski definition) is 2. The van der Waals surface area contributed by atoms with Crippen LogP contribution in [0.15, 0.2) is 18.2 Å². The first-order chi connectivity index (χ1) is 8.08. The van der Waals surface area contributed by atoms with Crippen LogP contribution >= 0.6 is 11.6 Å². The summed E-state index contributed by atoms with van der Waals surface area (Å²) in [7, 11) is 0. The summed E-state index contributed by atoms with van der Waals surface area (Å²) in [5.41, 5.74) is 0.792. The van der Waals surface area contributed by atoms with Gasteiger partial charge in [-0.25, -0.2) is 15.0 Å². The van der Waals surface area contributed by atoms with E-state index < -0.39 is 5.82 Å². The molecule has 0 unspecified atom stereocenters. The molecular formula is C11H13ClFN3O. The van der Waals surface area contributed by atoms with Crippen LogP contribution in [0.1, 0.15) is 12.0 Å². The second-order valence-corrected chi connectivity index (χ2v) is 4.41. The van der Waals surface area contributed by atoms with Gasteiger partial charge in [0, 0.05) is 19.6 Å². The first kappa shape index (κ1) is 12.1. The van der Waals surface area contributed by atoms with Gasteiger partial charge in [-0.1, -0.05) is 17.7 Å². The minimum Gasteiger partial charge on any atom is -0.319 e. The van der Waals surface area contributed by atoms with Gasteiger partial charge in [0.05, 0.1) is 5.02 Å². The van der Waals surface area contributed by atoms with Gasteiger partial charge in [-0.2, -0.15) is 0 Å². The Kier molecular flexibility index (Phi) is 3.49. The van der Waals surface area contributed by atoms with E-state index in [0.717, 1.165) is 12.0 Å². The Hall–Kier alpha value is -1.33. The third kappa shape index (κ3) is 2.68. The van der Waals surface area contributed by atoms with Crippen molar-refractivity contribution in [2.45, 2.75) is 13.0 Å². The first-order valence-electron chi connectivity index (χ1n) is 5.33. The number of hydrogen-bond donors (Lipinski definition) is 1. The van der Waals surface area contributed by atoms with Crippen LogP contribution in [0.2, 0.25) is 5.02 Å². The molecule has 1 fully saturated rings. The highest BCUT2D eigenvalue weighted by Gasteiger charge is 2.23. The molecule has 4 nitrogen and oxygen atoms in total. The second kappa shape index (κ2) is 4.89. The van der Waals surface area contributed by atoms with Gasteiger partial charge in [-0.3, -0.25) is 5.01 Å². The largest absolute Gasteiger partial charge is 0.334 e. The minimum absolute atomic E-state index is 0.0663. The minimum atomic E-state index is -0.458. The predicted molar refractivity (Wildman–Crippen MR) is 62.7 cm³/mol. The Morgan fingerprint density at radius 2 is 2.18 bits per heavy atom. The average molecular weight is 258 g/mol. The zero-order chi connectivity index (χ0) is 12.4. The van der Waals surface area contributed by atoms with E-state index in [1.165, 1.54) is 17.1 Å². The van der Waals surface area contributed by atoms with E-state index >= 15 is 0 Å². The molecule has 1 aromatic carbocycles. The van der Waals surface area contributed by atoms with Gasteiger partial charge in [-0.05, 0) is 24.1 Å². The Bertz CT molecular complexity index is 441. The number of nitrogens with two attached hydrogens (primary N) is 1. The van der Waals surface area contributed by atoms with Crippen molar-refractivity contribution in [2.24, 2.45) is 5.84 Å². The summed E-state index contributed by atoms with van der Waals surface area (Å²) < 4.78 is 13.0. The Morgan fingerprint density at radius 3 is 2.88 bits per heavy atom. The third-order valence-corrected chi connectivity index (χ3v) is 2.99. The lowest BCUT2D eigenvalue weighted by molar-refractivity contribution is 0.127. The molecule has 1 aliphatic heterocycles. The molecule has 0 spiro atoms. The number of benzene rings is 1. The molecule has 0 aromatic heterocycles. The summed E-state index contributed by atoms with van der Waals surface area (Å²) >= 11 is 5.68. The van der Waals surface area contributed by atoms with Gasteiger partial charge >= 0.3 is 6.03 Å². The number of hydrazine groups is 1. The van der Waals surface area contributed by atoms with Crippen molar-refractivity contribution >= 4 is 17.6 Å². The van der Waals surface area contributed by atoms with Crippen molar-refractivity contribution in [3.05, 3.63) is 34.6 Å². The van der Waals surface area contributed by atoms with Crippen molar-refractivity contribution in [2.75, 3.05) is 13.1 Å². The molecule has 0 bridgehead atoms. The molecule has 2 rings (SSSR count). The van der Waals surface area contributed by atoms with Gasteiger partial charge in [0.2, 0.25) is 0 Å². The van der Waals surface area contributed by atoms with Crippen LogP contribution in [0.3, 0.4) is 0 Å². The van der Waals surface area contributed by atoms with Crippen molar-refractivity contribution < 1.29 is 9.18 Å². The van der Waals surface area contributed by atoms with E-state index in [1.54, 1.807) is 11.0 Å². The molecule has 0 radical (unpaired) electrons. The molecule has 0 atom stereocenters. The molecule has 2 amide bonds. The fourth-order valence-electron chi connectivity index (χ4n) is 1.81. The van der Waals surface area contributed by atoms with Crippen LogP contribution in [0, 0.1) is 5.82 Å². The summed E-state index contributed by atoms with van der Waals surface area (Å²) in [6.07, 6.45) is 0.831. The maximum Gasteiger partial charge on any atom is 0.334 e. The molecule has 92 valence electrons. The number of halogens is 2. The zero-order valence-electron chi connectivity index (χ0n) is 9.20. The molecule has 1 aliphatic rings. The number of carbonyl (C=O) groups is 1. The van der Waals surface area contributed by atoms with Crippen LogP contribution in [0.5, 0.6) is 0 Å². The normalized spacial score (nSPS) is 16.5. The fourth-order valence-corrected chi connectivity index (χ4v) is 2.01. The van der Waals surface area contributed by atoms with E-state index in [0.29, 0.717) is 19.6 Å². The van der Waals surface area contributed by atoms with Crippen LogP contribution < -0.4 is 5.84 Å². The van der Waals surface area contributed by atoms with E-state index in [4.69, 9.17) is 17.4 Å². The summed E-state index contributed by atoms with van der Waals surface area (Å²) in [5, 5.41) is 1.26. The quantitative estimate of drug-likeness (QED) is 0.651. The van der Waals surface area contributed by atoms with Gasteiger partial charge in [0.1, 0.15) is 5.82 Å². The third-order valence-electron chi connectivity index (χ3n) is 2.70. The number of nitrogens with zero attached hydrogens (tertiary/aromatic N) is 2. The van der Waals surface area contributed by atoms with Gasteiger partial charge in [0.25, 0.3) is 0 Å². The second-order valence-electron chi connectivity index (χ2n) is 4.00. The summed E-state index contributed by atoms with van der Waals surface area (Å²) in [6, 6.07) is 4.23. The molecule has 1 saturated heterocycles. The molecule has 17 heavy (non-hydrogen) atoms. The summed E-state index contributed by atoms with van der Waals surface area (Å²) in [4.78, 5) is 13.3. The lowest BCUT2D eigenvalue weighted by Crippen LogP contribution is -2.52. The standard InChI is InChI=1S/C11H13ClFN3O/c12-9-6-8(2-3-10(9)13)7-15-4-1-5-16(14)11(15)17/h2-3,6H,1,4-5,7,14H2. The van der Waals surface area contributed by atoms with Gasteiger partial charge in [0.15, 0.2) is 0 Å². The van der Waals surface area contributed by atoms with Crippen LogP contribution in [0.25, 0.3) is 0 Å². The first-order valence-corrected chi connectivity index (χ1v) is 5.71. The molecule has 2 N–H and O–H groups in total. The predicted octanol–water partition coefficient (Wildman–Crippen LogP) is 1.98. The number of rotatable bonds is 2. The monoisotopic (exact) mass is 257 g/mol. The topological polar surface area (TPSA) is 49.6 Å². The van der Waals surface area contributed by atoms with Crippen molar-refractivity contribution in [3.63, 3.8) is 0 Å². The maximum atomic E-state index is 13.0. The van der Waals surface area contributed by atoms with Crippen molar-refractivity contribution in [3.8, 4) is 0 Å². The van der Waals surface area contributed by atoms with Crippen molar-refractivity contribution in [1.82, 2.24) is 9.91 Å². The molecule has 1 aromatic rings. The van der Waals surface area contributed by atoms with E-state index in [9.17, 15) is 9.18 Å². The maximum absolute atomic E-state index is 13.0. The van der Waals surface area contributed by atoms with E-state index in [1.807, 2.05) is 0 Å². The highest BCUT2D eigenvalue weighted by Crippen LogP contribution is 2.18. The number of amides is 2. The lowest BCUT2D eigenvalue weighted by Gasteiger charge is -2.32. The lowest BCUT2D eigenvalue weighted by atomic mass is 10.2. The molecular weight excluding hydrogens is 245 g/mol. The Balaban J connectivity index is 2.09. The molecule has 1 heterocycles. The molecule has 6 heteroatoms. The highest BCUT2D eigenvalue weighted by molar-refractivity contribution is 6.30. The van der Waals surface area contributed by atoms with Crippen LogP contribution in [-0.4, -0.2) is 29.0 Å². The van der Waals surface area contributed by atoms with Crippen LogP contribution in [0.4, 0.5) is 9.18 Å². The summed E-state index contributed by atoms with van der Waals surface area (Å²) in [5.74, 6) is 5.07. The van der Waals surface area contributed by atoms with E-state index in [-0.39, 0.29) is 11.1 Å². The summed E-state index contributed by atoms with van der Waals surface area (Å²) in [6.45, 7) is 1.62. The Morgan fingerprint density at radius 1 is 1.41 bits per heavy atom. The fraction of sp³-hybridized carbons (Fsp3) is 0.364. The molecule has 0 saturated carbocycles. The van der Waals surface area contributed by atoms with E-state index in [2.05, 4.69) is 0 Å². The zero-order valence-corrected chi connectivity index (χ0v) is 9.95. The van der Waals surface area contributed by atoms with Crippen molar-refractivity contribution in [1.29, 1.82) is 0 Å². The number of carbonyl (C=O) groups excluding carboxylic acids is 1. The SMILES string of the molecule is NN1CCCN(Cc2ccc(F)c(Cl)c2)C1=O. The Labute approximate surface area is 104 Å². The average Bonchev–Trinajstić information content (AvgIpc) is 2.30. The van der Waals surface area contributed by atoms with Gasteiger partial charge in [-0.15, -0.1) is 0 Å². The number of urea groups is 1. The van der Waals surface area contributed by atoms with Gasteiger partial charge < -0.3 is 4.90 Å². The molecule has 0 aliphatic carbocycles.